The maximum Gasteiger partial charge on any atom is 0.182 e. The zero-order valence-electron chi connectivity index (χ0n) is 8.13. The van der Waals surface area contributed by atoms with E-state index in [1.165, 1.54) is 11.3 Å². The summed E-state index contributed by atoms with van der Waals surface area (Å²) < 4.78 is 0. The van der Waals surface area contributed by atoms with Crippen LogP contribution >= 0.6 is 11.3 Å². The number of Topliss-reactive ketones (excluding diaryl/α,β-unsaturated/α-hetero) is 1. The van der Waals surface area contributed by atoms with Gasteiger partial charge in [0.15, 0.2) is 10.9 Å². The van der Waals surface area contributed by atoms with Crippen LogP contribution in [0.25, 0.3) is 0 Å². The fourth-order valence-corrected chi connectivity index (χ4v) is 1.96. The molecule has 72 valence electrons. The second-order valence-corrected chi connectivity index (χ2v) is 4.26. The lowest BCUT2D eigenvalue weighted by Crippen LogP contribution is -2.02. The second kappa shape index (κ2) is 3.87. The molecule has 2 N–H and O–H groups in total. The number of nitrogens with zero attached hydrogens (tertiary/aromatic N) is 1. The van der Waals surface area contributed by atoms with Gasteiger partial charge in [-0.2, -0.15) is 0 Å². The van der Waals surface area contributed by atoms with Gasteiger partial charge in [-0.3, -0.25) is 4.79 Å². The molecule has 0 aliphatic carbocycles. The number of nitrogen functional groups attached to an aromatic ring is 1. The molecule has 0 saturated carbocycles. The highest BCUT2D eigenvalue weighted by atomic mass is 32.1. The highest BCUT2D eigenvalue weighted by molar-refractivity contribution is 7.15. The van der Waals surface area contributed by atoms with Crippen LogP contribution in [0.5, 0.6) is 0 Å². The highest BCUT2D eigenvalue weighted by Gasteiger charge is 2.17. The third kappa shape index (κ3) is 2.06. The molecule has 0 atom stereocenters. The maximum atomic E-state index is 11.4. The molecule has 1 aromatic rings. The van der Waals surface area contributed by atoms with Crippen LogP contribution in [0.2, 0.25) is 0 Å². The molecule has 0 bridgehead atoms. The molecule has 3 nitrogen and oxygen atoms in total. The Hall–Kier alpha value is -0.900. The van der Waals surface area contributed by atoms with Crippen molar-refractivity contribution in [3.8, 4) is 0 Å². The average molecular weight is 198 g/mol. The van der Waals surface area contributed by atoms with Gasteiger partial charge in [0.1, 0.15) is 5.69 Å². The summed E-state index contributed by atoms with van der Waals surface area (Å²) in [5.41, 5.74) is 6.13. The molecule has 0 radical (unpaired) electrons. The first-order valence-electron chi connectivity index (χ1n) is 4.35. The van der Waals surface area contributed by atoms with E-state index < -0.39 is 0 Å². The SMILES string of the molecule is CCC(=O)c1nc(N)sc1C(C)C. The van der Waals surface area contributed by atoms with Gasteiger partial charge in [0, 0.05) is 11.3 Å². The van der Waals surface area contributed by atoms with Gasteiger partial charge in [0.05, 0.1) is 0 Å². The van der Waals surface area contributed by atoms with E-state index in [9.17, 15) is 4.79 Å². The molecule has 1 heterocycles. The summed E-state index contributed by atoms with van der Waals surface area (Å²) in [5, 5.41) is 0.487. The third-order valence-corrected chi connectivity index (χ3v) is 2.96. The van der Waals surface area contributed by atoms with Crippen molar-refractivity contribution >= 4 is 22.3 Å². The Bertz CT molecular complexity index is 317. The zero-order chi connectivity index (χ0) is 10.0. The van der Waals surface area contributed by atoms with Crippen LogP contribution in [0.15, 0.2) is 0 Å². The van der Waals surface area contributed by atoms with Crippen LogP contribution < -0.4 is 5.73 Å². The quantitative estimate of drug-likeness (QED) is 0.759. The lowest BCUT2D eigenvalue weighted by molar-refractivity contribution is 0.0983. The van der Waals surface area contributed by atoms with Crippen LogP contribution in [-0.2, 0) is 0 Å². The van der Waals surface area contributed by atoms with Crippen molar-refractivity contribution in [2.24, 2.45) is 0 Å². The van der Waals surface area contributed by atoms with Crippen LogP contribution in [-0.4, -0.2) is 10.8 Å². The fraction of sp³-hybridized carbons (Fsp3) is 0.556. The number of carbonyl (C=O) groups excluding carboxylic acids is 1. The van der Waals surface area contributed by atoms with Gasteiger partial charge in [-0.15, -0.1) is 11.3 Å². The predicted octanol–water partition coefficient (Wildman–Crippen LogP) is 2.44. The van der Waals surface area contributed by atoms with Gasteiger partial charge in [-0.1, -0.05) is 20.8 Å². The monoisotopic (exact) mass is 198 g/mol. The third-order valence-electron chi connectivity index (χ3n) is 1.78. The van der Waals surface area contributed by atoms with Crippen LogP contribution in [0.4, 0.5) is 5.13 Å². The van der Waals surface area contributed by atoms with E-state index in [4.69, 9.17) is 5.73 Å². The lowest BCUT2D eigenvalue weighted by atomic mass is 10.1. The number of rotatable bonds is 3. The number of thiazole rings is 1. The van der Waals surface area contributed by atoms with Crippen molar-refractivity contribution in [3.05, 3.63) is 10.6 Å². The van der Waals surface area contributed by atoms with E-state index in [1.54, 1.807) is 0 Å². The van der Waals surface area contributed by atoms with Crippen molar-refractivity contribution < 1.29 is 4.79 Å². The molecule has 0 aliphatic rings. The number of aromatic nitrogens is 1. The summed E-state index contributed by atoms with van der Waals surface area (Å²) >= 11 is 1.41. The van der Waals surface area contributed by atoms with E-state index in [2.05, 4.69) is 4.98 Å². The van der Waals surface area contributed by atoms with E-state index >= 15 is 0 Å². The topological polar surface area (TPSA) is 56.0 Å². The second-order valence-electron chi connectivity index (χ2n) is 3.20. The smallest absolute Gasteiger partial charge is 0.182 e. The summed E-state index contributed by atoms with van der Waals surface area (Å²) in [7, 11) is 0. The molecule has 1 rings (SSSR count). The summed E-state index contributed by atoms with van der Waals surface area (Å²) in [5.74, 6) is 0.400. The van der Waals surface area contributed by atoms with Crippen molar-refractivity contribution in [1.82, 2.24) is 4.98 Å². The Kier molecular flexibility index (Phi) is 3.03. The van der Waals surface area contributed by atoms with Gasteiger partial charge in [0.25, 0.3) is 0 Å². The zero-order valence-corrected chi connectivity index (χ0v) is 8.94. The number of ketones is 1. The van der Waals surface area contributed by atoms with Crippen LogP contribution in [0.1, 0.15) is 48.5 Å². The number of hydrogen-bond acceptors (Lipinski definition) is 4. The summed E-state index contributed by atoms with van der Waals surface area (Å²) in [4.78, 5) is 16.5. The Morgan fingerprint density at radius 1 is 1.62 bits per heavy atom. The molecule has 0 saturated heterocycles. The minimum Gasteiger partial charge on any atom is -0.375 e. The maximum absolute atomic E-state index is 11.4. The molecule has 0 amide bonds. The van der Waals surface area contributed by atoms with Gasteiger partial charge in [-0.05, 0) is 5.92 Å². The Labute approximate surface area is 82.0 Å². The van der Waals surface area contributed by atoms with Crippen molar-refractivity contribution in [3.63, 3.8) is 0 Å². The van der Waals surface area contributed by atoms with E-state index in [0.29, 0.717) is 23.2 Å². The molecule has 0 aliphatic heterocycles. The molecule has 0 fully saturated rings. The summed E-state index contributed by atoms with van der Waals surface area (Å²) in [6.07, 6.45) is 0.489. The molecule has 0 spiro atoms. The van der Waals surface area contributed by atoms with Gasteiger partial charge in [-0.25, -0.2) is 4.98 Å². The van der Waals surface area contributed by atoms with Crippen molar-refractivity contribution in [1.29, 1.82) is 0 Å². The molecule has 1 aromatic heterocycles. The molecule has 0 unspecified atom stereocenters. The highest BCUT2D eigenvalue weighted by Crippen LogP contribution is 2.28. The number of hydrogen-bond donors (Lipinski definition) is 1. The Morgan fingerprint density at radius 2 is 2.23 bits per heavy atom. The van der Waals surface area contributed by atoms with Crippen LogP contribution in [0, 0.1) is 0 Å². The predicted molar refractivity (Wildman–Crippen MR) is 55.2 cm³/mol. The average Bonchev–Trinajstić information content (AvgIpc) is 2.46. The minimum absolute atomic E-state index is 0.0802. The molecular weight excluding hydrogens is 184 g/mol. The number of anilines is 1. The molecular formula is C9H14N2OS. The van der Waals surface area contributed by atoms with E-state index in [0.717, 1.165) is 4.88 Å². The number of nitrogens with two attached hydrogens (primary N) is 1. The first-order chi connectivity index (χ1) is 6.06. The van der Waals surface area contributed by atoms with Crippen LogP contribution in [0.3, 0.4) is 0 Å². The van der Waals surface area contributed by atoms with Gasteiger partial charge < -0.3 is 5.73 Å². The largest absolute Gasteiger partial charge is 0.375 e. The van der Waals surface area contributed by atoms with Gasteiger partial charge >= 0.3 is 0 Å². The molecule has 13 heavy (non-hydrogen) atoms. The Balaban J connectivity index is 3.11. The van der Waals surface area contributed by atoms with Gasteiger partial charge in [0.2, 0.25) is 0 Å². The minimum atomic E-state index is 0.0802. The number of carbonyl (C=O) groups is 1. The Morgan fingerprint density at radius 3 is 2.69 bits per heavy atom. The standard InChI is InChI=1S/C9H14N2OS/c1-4-6(12)7-8(5(2)3)13-9(10)11-7/h5H,4H2,1-3H3,(H2,10,11). The first kappa shape index (κ1) is 10.2. The fourth-order valence-electron chi connectivity index (χ4n) is 1.11. The normalized spacial score (nSPS) is 10.8. The summed E-state index contributed by atoms with van der Waals surface area (Å²) in [6, 6.07) is 0. The summed E-state index contributed by atoms with van der Waals surface area (Å²) in [6.45, 7) is 5.92. The lowest BCUT2D eigenvalue weighted by Gasteiger charge is -2.01. The first-order valence-corrected chi connectivity index (χ1v) is 5.17. The van der Waals surface area contributed by atoms with E-state index in [-0.39, 0.29) is 5.78 Å². The molecule has 0 aromatic carbocycles. The van der Waals surface area contributed by atoms with Crippen molar-refractivity contribution in [2.75, 3.05) is 5.73 Å². The van der Waals surface area contributed by atoms with E-state index in [1.807, 2.05) is 20.8 Å². The molecule has 4 heteroatoms. The van der Waals surface area contributed by atoms with Crippen molar-refractivity contribution in [2.45, 2.75) is 33.1 Å².